The first-order valence-corrected chi connectivity index (χ1v) is 12.1. The Bertz CT molecular complexity index is 875. The van der Waals surface area contributed by atoms with Crippen molar-refractivity contribution in [2.75, 3.05) is 6.26 Å². The van der Waals surface area contributed by atoms with Gasteiger partial charge in [-0.1, -0.05) is 36.8 Å². The molecular weight excluding hydrogens is 378 g/mol. The zero-order valence-electron chi connectivity index (χ0n) is 17.0. The second-order valence-corrected chi connectivity index (χ2v) is 9.50. The minimum atomic E-state index is -0.00501. The highest BCUT2D eigenvalue weighted by molar-refractivity contribution is 7.98. The van der Waals surface area contributed by atoms with Gasteiger partial charge in [-0.25, -0.2) is 4.98 Å². The van der Waals surface area contributed by atoms with Gasteiger partial charge >= 0.3 is 0 Å². The van der Waals surface area contributed by atoms with Crippen molar-refractivity contribution in [2.45, 2.75) is 73.6 Å². The molecule has 1 atom stereocenters. The number of benzene rings is 1. The Morgan fingerprint density at radius 3 is 2.48 bits per heavy atom. The van der Waals surface area contributed by atoms with Crippen LogP contribution in [0.2, 0.25) is 0 Å². The molecule has 2 aromatic rings. The first kappa shape index (κ1) is 19.1. The molecule has 29 heavy (non-hydrogen) atoms. The Kier molecular flexibility index (Phi) is 5.12. The second kappa shape index (κ2) is 7.77. The van der Waals surface area contributed by atoms with E-state index in [-0.39, 0.29) is 17.5 Å². The molecular formula is C24H29N3OS. The lowest BCUT2D eigenvalue weighted by Crippen LogP contribution is -2.57. The molecule has 1 aromatic heterocycles. The number of carbonyl (C=O) groups excluding carboxylic acids is 1. The molecule has 5 heteroatoms. The monoisotopic (exact) mass is 407 g/mol. The molecule has 2 bridgehead atoms. The van der Waals surface area contributed by atoms with Gasteiger partial charge in [0.25, 0.3) is 5.91 Å². The van der Waals surface area contributed by atoms with Gasteiger partial charge < -0.3 is 5.32 Å². The molecule has 1 saturated carbocycles. The molecule has 152 valence electrons. The molecule has 4 nitrogen and oxygen atoms in total. The van der Waals surface area contributed by atoms with Gasteiger partial charge in [0, 0.05) is 23.8 Å². The van der Waals surface area contributed by atoms with E-state index in [2.05, 4.69) is 45.5 Å². The average molecular weight is 408 g/mol. The summed E-state index contributed by atoms with van der Waals surface area (Å²) >= 11 is 1.53. The van der Waals surface area contributed by atoms with Gasteiger partial charge in [0.1, 0.15) is 5.03 Å². The predicted octanol–water partition coefficient (Wildman–Crippen LogP) is 4.82. The van der Waals surface area contributed by atoms with Crippen molar-refractivity contribution >= 4 is 17.7 Å². The van der Waals surface area contributed by atoms with Gasteiger partial charge in [-0.2, -0.15) is 0 Å². The van der Waals surface area contributed by atoms with Gasteiger partial charge in [-0.15, -0.1) is 11.8 Å². The van der Waals surface area contributed by atoms with Crippen LogP contribution in [0.3, 0.4) is 0 Å². The molecule has 3 fully saturated rings. The van der Waals surface area contributed by atoms with E-state index >= 15 is 0 Å². The van der Waals surface area contributed by atoms with Crippen molar-refractivity contribution in [3.05, 3.63) is 59.8 Å². The summed E-state index contributed by atoms with van der Waals surface area (Å²) in [5.41, 5.74) is 1.96. The number of nitrogens with one attached hydrogen (secondary N) is 1. The lowest BCUT2D eigenvalue weighted by atomic mass is 9.77. The molecule has 0 radical (unpaired) electrons. The van der Waals surface area contributed by atoms with Crippen molar-refractivity contribution in [1.82, 2.24) is 15.2 Å². The zero-order valence-corrected chi connectivity index (χ0v) is 17.8. The number of thioether (sulfide) groups is 1. The number of pyridine rings is 1. The molecule has 1 aromatic carbocycles. The van der Waals surface area contributed by atoms with E-state index in [1.807, 2.05) is 18.4 Å². The van der Waals surface area contributed by atoms with Crippen LogP contribution in [0.5, 0.6) is 0 Å². The third kappa shape index (κ3) is 3.19. The Hall–Kier alpha value is -1.85. The molecule has 3 aliphatic rings. The van der Waals surface area contributed by atoms with E-state index in [0.29, 0.717) is 17.6 Å². The fraction of sp³-hybridized carbons (Fsp3) is 0.500. The molecule has 1 amide bonds. The van der Waals surface area contributed by atoms with Gasteiger partial charge in [0.05, 0.1) is 11.6 Å². The maximum atomic E-state index is 13.4. The maximum absolute atomic E-state index is 13.4. The SMILES string of the molecule is CSc1ncccc1C(=O)NC(c1ccccc1)C12CCC(CC1)N2C1CCC1. The number of carbonyl (C=O) groups is 1. The minimum Gasteiger partial charge on any atom is -0.343 e. The lowest BCUT2D eigenvalue weighted by Gasteiger charge is -2.48. The smallest absolute Gasteiger partial charge is 0.254 e. The van der Waals surface area contributed by atoms with Crippen molar-refractivity contribution in [3.8, 4) is 0 Å². The second-order valence-electron chi connectivity index (χ2n) is 8.70. The first-order valence-electron chi connectivity index (χ1n) is 10.9. The van der Waals surface area contributed by atoms with E-state index < -0.39 is 0 Å². The van der Waals surface area contributed by atoms with E-state index in [4.69, 9.17) is 0 Å². The van der Waals surface area contributed by atoms with Crippen LogP contribution in [0, 0.1) is 0 Å². The molecule has 2 aliphatic heterocycles. The Balaban J connectivity index is 1.52. The molecule has 5 rings (SSSR count). The predicted molar refractivity (Wildman–Crippen MR) is 117 cm³/mol. The van der Waals surface area contributed by atoms with Crippen molar-refractivity contribution in [2.24, 2.45) is 0 Å². The van der Waals surface area contributed by atoms with Crippen LogP contribution < -0.4 is 5.32 Å². The fourth-order valence-electron chi connectivity index (χ4n) is 5.88. The number of aromatic nitrogens is 1. The number of hydrogen-bond donors (Lipinski definition) is 1. The summed E-state index contributed by atoms with van der Waals surface area (Å²) in [6.07, 6.45) is 12.6. The number of nitrogens with zero attached hydrogens (tertiary/aromatic N) is 2. The largest absolute Gasteiger partial charge is 0.343 e. The Morgan fingerprint density at radius 2 is 1.83 bits per heavy atom. The van der Waals surface area contributed by atoms with E-state index in [0.717, 1.165) is 5.03 Å². The molecule has 1 N–H and O–H groups in total. The van der Waals surface area contributed by atoms with Crippen LogP contribution in [-0.4, -0.2) is 39.7 Å². The topological polar surface area (TPSA) is 45.2 Å². The van der Waals surface area contributed by atoms with Crippen molar-refractivity contribution in [3.63, 3.8) is 0 Å². The third-order valence-electron chi connectivity index (χ3n) is 7.35. The highest BCUT2D eigenvalue weighted by atomic mass is 32.2. The highest BCUT2D eigenvalue weighted by Crippen LogP contribution is 2.55. The van der Waals surface area contributed by atoms with Crippen molar-refractivity contribution < 1.29 is 4.79 Å². The van der Waals surface area contributed by atoms with Gasteiger partial charge in [0.2, 0.25) is 0 Å². The van der Waals surface area contributed by atoms with Crippen LogP contribution >= 0.6 is 11.8 Å². The van der Waals surface area contributed by atoms with E-state index in [1.165, 1.54) is 62.3 Å². The van der Waals surface area contributed by atoms with Gasteiger partial charge in [-0.05, 0) is 62.5 Å². The standard InChI is InChI=1S/C24H29N3OS/c1-29-23-20(11-6-16-25-23)22(28)26-21(17-7-3-2-4-8-17)24-14-12-19(13-15-24)27(24)18-9-5-10-18/h2-4,6-8,11,16,18-19,21H,5,9-10,12-15H2,1H3,(H,26,28). The summed E-state index contributed by atoms with van der Waals surface area (Å²) in [6, 6.07) is 15.8. The molecule has 0 spiro atoms. The van der Waals surface area contributed by atoms with E-state index in [1.54, 1.807) is 6.20 Å². The Labute approximate surface area is 177 Å². The number of hydrogen-bond acceptors (Lipinski definition) is 4. The zero-order chi connectivity index (χ0) is 19.8. The maximum Gasteiger partial charge on any atom is 0.254 e. The summed E-state index contributed by atoms with van der Waals surface area (Å²) in [4.78, 5) is 20.6. The number of fused-ring (bicyclic) bond motifs is 2. The first-order chi connectivity index (χ1) is 14.2. The highest BCUT2D eigenvalue weighted by Gasteiger charge is 2.58. The van der Waals surface area contributed by atoms with Gasteiger partial charge in [-0.3, -0.25) is 9.69 Å². The summed E-state index contributed by atoms with van der Waals surface area (Å²) in [7, 11) is 0. The fourth-order valence-corrected chi connectivity index (χ4v) is 6.42. The summed E-state index contributed by atoms with van der Waals surface area (Å²) in [5.74, 6) is -0.00501. The van der Waals surface area contributed by atoms with Crippen LogP contribution in [0.25, 0.3) is 0 Å². The lowest BCUT2D eigenvalue weighted by molar-refractivity contribution is 0.0257. The van der Waals surface area contributed by atoms with Crippen LogP contribution in [-0.2, 0) is 0 Å². The molecule has 3 heterocycles. The molecule has 1 unspecified atom stereocenters. The van der Waals surface area contributed by atoms with E-state index in [9.17, 15) is 4.79 Å². The minimum absolute atomic E-state index is 0.00501. The summed E-state index contributed by atoms with van der Waals surface area (Å²) < 4.78 is 0. The van der Waals surface area contributed by atoms with Crippen LogP contribution in [0.1, 0.15) is 66.9 Å². The molecule has 2 saturated heterocycles. The van der Waals surface area contributed by atoms with Crippen LogP contribution in [0.15, 0.2) is 53.7 Å². The average Bonchev–Trinajstić information content (AvgIpc) is 3.27. The summed E-state index contributed by atoms with van der Waals surface area (Å²) in [5, 5.41) is 4.28. The normalized spacial score (nSPS) is 27.6. The number of amides is 1. The molecule has 1 aliphatic carbocycles. The third-order valence-corrected chi connectivity index (χ3v) is 8.06. The van der Waals surface area contributed by atoms with Gasteiger partial charge in [0.15, 0.2) is 0 Å². The quantitative estimate of drug-likeness (QED) is 0.697. The van der Waals surface area contributed by atoms with Crippen LogP contribution in [0.4, 0.5) is 0 Å². The Morgan fingerprint density at radius 1 is 1.10 bits per heavy atom. The number of rotatable bonds is 6. The summed E-state index contributed by atoms with van der Waals surface area (Å²) in [6.45, 7) is 0. The van der Waals surface area contributed by atoms with Crippen molar-refractivity contribution in [1.29, 1.82) is 0 Å².